The van der Waals surface area contributed by atoms with Gasteiger partial charge in [0.25, 0.3) is 0 Å². The number of anilines is 1. The maximum Gasteiger partial charge on any atom is 0.227 e. The SMILES string of the molecule is Cc1nnc2n1CCN(C(=O)[C@H]1CCCN(c3ccccn3)C1)C2. The second-order valence-electron chi connectivity index (χ2n) is 6.55. The molecular weight excluding hydrogens is 304 g/mol. The second-order valence-corrected chi connectivity index (χ2v) is 6.55. The highest BCUT2D eigenvalue weighted by Gasteiger charge is 2.32. The van der Waals surface area contributed by atoms with E-state index >= 15 is 0 Å². The zero-order chi connectivity index (χ0) is 16.5. The molecule has 2 aliphatic rings. The molecule has 126 valence electrons. The molecule has 0 bridgehead atoms. The lowest BCUT2D eigenvalue weighted by atomic mass is 9.96. The Morgan fingerprint density at radius 3 is 2.96 bits per heavy atom. The molecule has 0 unspecified atom stereocenters. The number of pyridine rings is 1. The minimum absolute atomic E-state index is 0.0383. The van der Waals surface area contributed by atoms with Gasteiger partial charge in [-0.3, -0.25) is 4.79 Å². The molecule has 2 aliphatic heterocycles. The molecule has 2 aromatic heterocycles. The molecule has 0 saturated carbocycles. The smallest absolute Gasteiger partial charge is 0.227 e. The summed E-state index contributed by atoms with van der Waals surface area (Å²) in [6.07, 6.45) is 3.78. The van der Waals surface area contributed by atoms with Crippen LogP contribution in [0, 0.1) is 12.8 Å². The molecule has 4 heterocycles. The highest BCUT2D eigenvalue weighted by atomic mass is 16.2. The number of hydrogen-bond donors (Lipinski definition) is 0. The zero-order valence-electron chi connectivity index (χ0n) is 13.9. The Morgan fingerprint density at radius 2 is 2.12 bits per heavy atom. The third kappa shape index (κ3) is 2.74. The van der Waals surface area contributed by atoms with Crippen LogP contribution < -0.4 is 4.90 Å². The van der Waals surface area contributed by atoms with E-state index in [0.717, 1.165) is 56.5 Å². The van der Waals surface area contributed by atoms with Gasteiger partial charge in [-0.1, -0.05) is 6.07 Å². The van der Waals surface area contributed by atoms with Crippen LogP contribution in [0.15, 0.2) is 24.4 Å². The van der Waals surface area contributed by atoms with Crippen LogP contribution in [0.2, 0.25) is 0 Å². The van der Waals surface area contributed by atoms with Crippen molar-refractivity contribution < 1.29 is 4.79 Å². The number of hydrogen-bond acceptors (Lipinski definition) is 5. The van der Waals surface area contributed by atoms with Crippen molar-refractivity contribution in [2.45, 2.75) is 32.9 Å². The number of piperidine rings is 1. The molecule has 0 N–H and O–H groups in total. The Kier molecular flexibility index (Phi) is 3.92. The Hall–Kier alpha value is -2.44. The fraction of sp³-hybridized carbons (Fsp3) is 0.529. The largest absolute Gasteiger partial charge is 0.356 e. The molecule has 1 fully saturated rings. The predicted octanol–water partition coefficient (Wildman–Crippen LogP) is 1.24. The van der Waals surface area contributed by atoms with Crippen LogP contribution >= 0.6 is 0 Å². The normalized spacial score (nSPS) is 20.8. The van der Waals surface area contributed by atoms with E-state index < -0.39 is 0 Å². The summed E-state index contributed by atoms with van der Waals surface area (Å²) in [7, 11) is 0. The molecule has 0 spiro atoms. The Bertz CT molecular complexity index is 728. The van der Waals surface area contributed by atoms with Crippen molar-refractivity contribution in [1.82, 2.24) is 24.6 Å². The zero-order valence-corrected chi connectivity index (χ0v) is 13.9. The van der Waals surface area contributed by atoms with Gasteiger partial charge in [-0.25, -0.2) is 4.98 Å². The van der Waals surface area contributed by atoms with E-state index in [2.05, 4.69) is 24.6 Å². The Balaban J connectivity index is 1.45. The number of nitrogens with zero attached hydrogens (tertiary/aromatic N) is 6. The van der Waals surface area contributed by atoms with E-state index in [9.17, 15) is 4.79 Å². The molecule has 2 aromatic rings. The summed E-state index contributed by atoms with van der Waals surface area (Å²) in [6, 6.07) is 5.93. The van der Waals surface area contributed by atoms with Gasteiger partial charge in [-0.15, -0.1) is 10.2 Å². The maximum atomic E-state index is 13.0. The first kappa shape index (κ1) is 15.1. The number of fused-ring (bicyclic) bond motifs is 1. The van der Waals surface area contributed by atoms with Gasteiger partial charge < -0.3 is 14.4 Å². The first-order valence-corrected chi connectivity index (χ1v) is 8.56. The fourth-order valence-corrected chi connectivity index (χ4v) is 3.68. The molecule has 0 radical (unpaired) electrons. The van der Waals surface area contributed by atoms with Gasteiger partial charge in [-0.2, -0.15) is 0 Å². The topological polar surface area (TPSA) is 67.2 Å². The number of amides is 1. The molecule has 1 amide bonds. The molecule has 4 rings (SSSR count). The van der Waals surface area contributed by atoms with Crippen LogP contribution in [0.1, 0.15) is 24.5 Å². The van der Waals surface area contributed by atoms with Gasteiger partial charge in [0.1, 0.15) is 11.6 Å². The van der Waals surface area contributed by atoms with E-state index in [-0.39, 0.29) is 11.8 Å². The first-order valence-electron chi connectivity index (χ1n) is 8.56. The summed E-state index contributed by atoms with van der Waals surface area (Å²) in [5.41, 5.74) is 0. The van der Waals surface area contributed by atoms with Gasteiger partial charge >= 0.3 is 0 Å². The van der Waals surface area contributed by atoms with Crippen LogP contribution in [0.25, 0.3) is 0 Å². The predicted molar refractivity (Wildman–Crippen MR) is 89.4 cm³/mol. The van der Waals surface area contributed by atoms with Crippen molar-refractivity contribution in [3.05, 3.63) is 36.0 Å². The second kappa shape index (κ2) is 6.22. The molecule has 1 saturated heterocycles. The molecule has 7 heteroatoms. The van der Waals surface area contributed by atoms with E-state index in [1.54, 1.807) is 6.20 Å². The van der Waals surface area contributed by atoms with Crippen molar-refractivity contribution in [2.24, 2.45) is 5.92 Å². The van der Waals surface area contributed by atoms with Crippen LogP contribution in [0.5, 0.6) is 0 Å². The van der Waals surface area contributed by atoms with Gasteiger partial charge in [0.15, 0.2) is 5.82 Å². The highest BCUT2D eigenvalue weighted by Crippen LogP contribution is 2.24. The van der Waals surface area contributed by atoms with Gasteiger partial charge in [0, 0.05) is 32.4 Å². The molecule has 0 aromatic carbocycles. The van der Waals surface area contributed by atoms with Crippen LogP contribution in [-0.2, 0) is 17.9 Å². The first-order chi connectivity index (χ1) is 11.7. The van der Waals surface area contributed by atoms with E-state index in [1.165, 1.54) is 0 Å². The molecule has 24 heavy (non-hydrogen) atoms. The standard InChI is InChI=1S/C17H22N6O/c1-13-19-20-16-12-22(9-10-23(13)16)17(24)14-5-4-8-21(11-14)15-6-2-3-7-18-15/h2-3,6-7,14H,4-5,8-12H2,1H3/t14-/m0/s1. The number of aryl methyl sites for hydroxylation is 1. The lowest BCUT2D eigenvalue weighted by Crippen LogP contribution is -2.47. The Morgan fingerprint density at radius 1 is 1.21 bits per heavy atom. The average Bonchev–Trinajstić information content (AvgIpc) is 3.02. The fourth-order valence-electron chi connectivity index (χ4n) is 3.68. The Labute approximate surface area is 141 Å². The monoisotopic (exact) mass is 326 g/mol. The van der Waals surface area contributed by atoms with Crippen molar-refractivity contribution in [2.75, 3.05) is 24.5 Å². The lowest BCUT2D eigenvalue weighted by Gasteiger charge is -2.36. The van der Waals surface area contributed by atoms with Crippen molar-refractivity contribution in [3.63, 3.8) is 0 Å². The van der Waals surface area contributed by atoms with Crippen LogP contribution in [0.3, 0.4) is 0 Å². The summed E-state index contributed by atoms with van der Waals surface area (Å²) >= 11 is 0. The van der Waals surface area contributed by atoms with Crippen molar-refractivity contribution in [1.29, 1.82) is 0 Å². The van der Waals surface area contributed by atoms with Crippen molar-refractivity contribution >= 4 is 11.7 Å². The highest BCUT2D eigenvalue weighted by molar-refractivity contribution is 5.79. The molecule has 7 nitrogen and oxygen atoms in total. The third-order valence-electron chi connectivity index (χ3n) is 4.99. The quantitative estimate of drug-likeness (QED) is 0.831. The number of rotatable bonds is 2. The van der Waals surface area contributed by atoms with Gasteiger partial charge in [-0.05, 0) is 31.9 Å². The van der Waals surface area contributed by atoms with Gasteiger partial charge in [0.2, 0.25) is 5.91 Å². The van der Waals surface area contributed by atoms with Crippen molar-refractivity contribution in [3.8, 4) is 0 Å². The third-order valence-corrected chi connectivity index (χ3v) is 4.99. The minimum atomic E-state index is 0.0383. The number of carbonyl (C=O) groups is 1. The summed E-state index contributed by atoms with van der Waals surface area (Å²) in [5.74, 6) is 3.06. The summed E-state index contributed by atoms with van der Waals surface area (Å²) in [4.78, 5) is 21.6. The summed E-state index contributed by atoms with van der Waals surface area (Å²) < 4.78 is 2.10. The molecular formula is C17H22N6O. The molecule has 1 atom stereocenters. The summed E-state index contributed by atoms with van der Waals surface area (Å²) in [5, 5.41) is 8.31. The van der Waals surface area contributed by atoms with Crippen LogP contribution in [0.4, 0.5) is 5.82 Å². The maximum absolute atomic E-state index is 13.0. The van der Waals surface area contributed by atoms with Gasteiger partial charge in [0.05, 0.1) is 12.5 Å². The summed E-state index contributed by atoms with van der Waals surface area (Å²) in [6.45, 7) is 5.77. The average molecular weight is 326 g/mol. The van der Waals surface area contributed by atoms with E-state index in [0.29, 0.717) is 6.54 Å². The van der Waals surface area contributed by atoms with E-state index in [4.69, 9.17) is 0 Å². The van der Waals surface area contributed by atoms with E-state index in [1.807, 2.05) is 30.0 Å². The van der Waals surface area contributed by atoms with Crippen LogP contribution in [-0.4, -0.2) is 50.2 Å². The minimum Gasteiger partial charge on any atom is -0.356 e. The number of carbonyl (C=O) groups excluding carboxylic acids is 1. The lowest BCUT2D eigenvalue weighted by molar-refractivity contribution is -0.137. The number of aromatic nitrogens is 4. The molecule has 0 aliphatic carbocycles.